The molecule has 0 spiro atoms. The van der Waals surface area contributed by atoms with Crippen LogP contribution in [-0.4, -0.2) is 45.7 Å². The van der Waals surface area contributed by atoms with Crippen molar-refractivity contribution in [3.05, 3.63) is 71.7 Å². The number of hydrogen-bond donors (Lipinski definition) is 0. The smallest absolute Gasteiger partial charge is 0.185 e. The molecule has 206 valence electrons. The molecule has 8 heteroatoms. The van der Waals surface area contributed by atoms with E-state index < -0.39 is 22.5 Å². The van der Waals surface area contributed by atoms with Gasteiger partial charge in [0.15, 0.2) is 11.5 Å². The van der Waals surface area contributed by atoms with Gasteiger partial charge in [0, 0.05) is 73.2 Å². The lowest BCUT2D eigenvalue weighted by Crippen LogP contribution is -2.61. The third-order valence-corrected chi connectivity index (χ3v) is 8.27. The Hall–Kier alpha value is -3.26. The van der Waals surface area contributed by atoms with Crippen LogP contribution in [0.1, 0.15) is 81.4 Å². The van der Waals surface area contributed by atoms with E-state index >= 15 is 0 Å². The molecule has 3 aromatic rings. The number of aromatic nitrogens is 2. The molecule has 2 fully saturated rings. The van der Waals surface area contributed by atoms with Crippen LogP contribution in [0.15, 0.2) is 53.2 Å². The molecule has 0 atom stereocenters. The van der Waals surface area contributed by atoms with E-state index in [1.54, 1.807) is 6.20 Å². The zero-order valence-corrected chi connectivity index (χ0v) is 22.6. The van der Waals surface area contributed by atoms with Crippen LogP contribution in [-0.2, 0) is 10.2 Å². The Morgan fingerprint density at radius 1 is 1.05 bits per heavy atom. The Labute approximate surface area is 227 Å². The predicted octanol–water partition coefficient (Wildman–Crippen LogP) is 6.55. The van der Waals surface area contributed by atoms with E-state index in [0.717, 1.165) is 30.7 Å². The fourth-order valence-corrected chi connectivity index (χ4v) is 6.29. The number of hydrogen-bond acceptors (Lipinski definition) is 6. The van der Waals surface area contributed by atoms with Crippen LogP contribution in [0.5, 0.6) is 0 Å². The highest BCUT2D eigenvalue weighted by Crippen LogP contribution is 2.43. The molecule has 0 amide bonds. The molecule has 1 aromatic carbocycles. The summed E-state index contributed by atoms with van der Waals surface area (Å²) in [4.78, 5) is 33.7. The second-order valence-electron chi connectivity index (χ2n) is 12.0. The lowest BCUT2D eigenvalue weighted by Gasteiger charge is -2.54. The molecule has 1 saturated carbocycles. The Morgan fingerprint density at radius 3 is 2.51 bits per heavy atom. The number of carbonyl (C=O) groups is 2. The highest BCUT2D eigenvalue weighted by Gasteiger charge is 2.48. The highest BCUT2D eigenvalue weighted by molar-refractivity contribution is 5.96. The summed E-state index contributed by atoms with van der Waals surface area (Å²) in [5, 5.41) is 3.89. The molecule has 1 aliphatic heterocycles. The third kappa shape index (κ3) is 6.16. The molecule has 2 aromatic heterocycles. The second-order valence-corrected chi connectivity index (χ2v) is 12.0. The van der Waals surface area contributed by atoms with Crippen LogP contribution >= 0.6 is 0 Å². The van der Waals surface area contributed by atoms with Gasteiger partial charge in [-0.25, -0.2) is 8.78 Å². The summed E-state index contributed by atoms with van der Waals surface area (Å²) < 4.78 is 32.8. The first kappa shape index (κ1) is 27.3. The molecular weight excluding hydrogens is 500 g/mol. The largest absolute Gasteiger partial charge is 0.355 e. The van der Waals surface area contributed by atoms with Crippen LogP contribution in [0.4, 0.5) is 8.78 Å². The zero-order chi connectivity index (χ0) is 27.6. The van der Waals surface area contributed by atoms with Crippen LogP contribution in [0.3, 0.4) is 0 Å². The normalized spacial score (nSPS) is 18.1. The van der Waals surface area contributed by atoms with E-state index in [4.69, 9.17) is 4.52 Å². The first-order valence-corrected chi connectivity index (χ1v) is 13.8. The minimum Gasteiger partial charge on any atom is -0.355 e. The monoisotopic (exact) mass is 535 g/mol. The summed E-state index contributed by atoms with van der Waals surface area (Å²) in [5.74, 6) is -1.55. The molecular formula is C31H35F2N3O3. The summed E-state index contributed by atoms with van der Waals surface area (Å²) in [6, 6.07) is 10.8. The Bertz CT molecular complexity index is 1330. The maximum absolute atomic E-state index is 14.2. The molecule has 0 N–H and O–H groups in total. The molecule has 1 aliphatic carbocycles. The van der Waals surface area contributed by atoms with Gasteiger partial charge in [0.25, 0.3) is 0 Å². The van der Waals surface area contributed by atoms with Gasteiger partial charge in [-0.15, -0.1) is 0 Å². The van der Waals surface area contributed by atoms with E-state index in [1.807, 2.05) is 32.0 Å². The summed E-state index contributed by atoms with van der Waals surface area (Å²) >= 11 is 0. The number of benzene rings is 1. The summed E-state index contributed by atoms with van der Waals surface area (Å²) in [7, 11) is 0. The van der Waals surface area contributed by atoms with Gasteiger partial charge in [-0.2, -0.15) is 0 Å². The molecule has 0 bridgehead atoms. The van der Waals surface area contributed by atoms with E-state index in [9.17, 15) is 18.4 Å². The van der Waals surface area contributed by atoms with Crippen molar-refractivity contribution in [2.24, 2.45) is 5.41 Å². The minimum absolute atomic E-state index is 0.0386. The topological polar surface area (TPSA) is 76.3 Å². The number of carbonyl (C=O) groups excluding carboxylic acids is 2. The Kier molecular flexibility index (Phi) is 7.76. The lowest BCUT2D eigenvalue weighted by atomic mass is 9.68. The van der Waals surface area contributed by atoms with Gasteiger partial charge < -0.3 is 4.52 Å². The first-order valence-electron chi connectivity index (χ1n) is 13.8. The molecule has 2 aliphatic rings. The summed E-state index contributed by atoms with van der Waals surface area (Å²) in [5.41, 5.74) is 0.0918. The van der Waals surface area contributed by atoms with Crippen molar-refractivity contribution >= 4 is 11.6 Å². The molecule has 1 saturated heterocycles. The maximum atomic E-state index is 14.2. The van der Waals surface area contributed by atoms with Crippen LogP contribution < -0.4 is 0 Å². The van der Waals surface area contributed by atoms with Gasteiger partial charge in [-0.3, -0.25) is 19.5 Å². The van der Waals surface area contributed by atoms with Crippen LogP contribution in [0, 0.1) is 17.0 Å². The van der Waals surface area contributed by atoms with Crippen molar-refractivity contribution < 1.29 is 22.9 Å². The summed E-state index contributed by atoms with van der Waals surface area (Å²) in [6.07, 6.45) is 8.53. The maximum Gasteiger partial charge on any atom is 0.185 e. The molecule has 0 radical (unpaired) electrons. The van der Waals surface area contributed by atoms with E-state index in [2.05, 4.69) is 15.0 Å². The average molecular weight is 536 g/mol. The fourth-order valence-electron chi connectivity index (χ4n) is 6.29. The Morgan fingerprint density at radius 2 is 1.82 bits per heavy atom. The van der Waals surface area contributed by atoms with Gasteiger partial charge in [-0.1, -0.05) is 44.3 Å². The molecule has 0 unspecified atom stereocenters. The van der Waals surface area contributed by atoms with Crippen LogP contribution in [0.2, 0.25) is 0 Å². The number of likely N-dealkylation sites (tertiary alicyclic amines) is 1. The van der Waals surface area contributed by atoms with Crippen molar-refractivity contribution in [1.29, 1.82) is 0 Å². The van der Waals surface area contributed by atoms with Gasteiger partial charge in [0.1, 0.15) is 23.1 Å². The number of halogens is 2. The van der Waals surface area contributed by atoms with Gasteiger partial charge in [0.05, 0.1) is 5.56 Å². The summed E-state index contributed by atoms with van der Waals surface area (Å²) in [6.45, 7) is 5.42. The number of pyridine rings is 1. The van der Waals surface area contributed by atoms with E-state index in [-0.39, 0.29) is 35.0 Å². The van der Waals surface area contributed by atoms with Crippen molar-refractivity contribution in [3.63, 3.8) is 0 Å². The molecule has 3 heterocycles. The number of Topliss-reactive ketones (excluding diaryl/α,β-unsaturated/α-hetero) is 2. The highest BCUT2D eigenvalue weighted by atomic mass is 19.1. The average Bonchev–Trinajstić information content (AvgIpc) is 3.38. The van der Waals surface area contributed by atoms with Crippen LogP contribution in [0.25, 0.3) is 11.3 Å². The SMILES string of the molecule is CC(C)(CC(=O)CC1(CC(=O)c2cc(-c3ccc(F)cc3F)on2)CN(C2CCCCC2)C1)c1ccccn1. The van der Waals surface area contributed by atoms with Crippen molar-refractivity contribution in [2.75, 3.05) is 13.1 Å². The standard InChI is InChI=1S/C31H35F2N3O3/c1-30(2,29-10-6-7-13-34-29)16-23(37)17-31(19-36(20-31)22-8-4-3-5-9-22)18-27(38)26-15-28(39-35-26)24-12-11-21(32)14-25(24)33/h6-7,10-15,22H,3-5,8-9,16-20H2,1-2H3. The van der Waals surface area contributed by atoms with Gasteiger partial charge in [0.2, 0.25) is 0 Å². The van der Waals surface area contributed by atoms with E-state index in [1.165, 1.54) is 31.4 Å². The van der Waals surface area contributed by atoms with E-state index in [0.29, 0.717) is 32.0 Å². The predicted molar refractivity (Wildman–Crippen MR) is 143 cm³/mol. The molecule has 39 heavy (non-hydrogen) atoms. The first-order chi connectivity index (χ1) is 18.6. The fraction of sp³-hybridized carbons (Fsp3) is 0.484. The van der Waals surface area contributed by atoms with Gasteiger partial charge in [-0.05, 0) is 37.1 Å². The molecule has 6 nitrogen and oxygen atoms in total. The lowest BCUT2D eigenvalue weighted by molar-refractivity contribution is -0.127. The zero-order valence-electron chi connectivity index (χ0n) is 22.6. The quantitative estimate of drug-likeness (QED) is 0.274. The minimum atomic E-state index is -0.787. The number of rotatable bonds is 10. The van der Waals surface area contributed by atoms with Crippen molar-refractivity contribution in [2.45, 2.75) is 76.7 Å². The number of nitrogens with zero attached hydrogens (tertiary/aromatic N) is 3. The Balaban J connectivity index is 1.31. The number of ketones is 2. The second kappa shape index (κ2) is 11.1. The van der Waals surface area contributed by atoms with Gasteiger partial charge >= 0.3 is 0 Å². The molecule has 5 rings (SSSR count). The van der Waals surface area contributed by atoms with Crippen molar-refractivity contribution in [3.8, 4) is 11.3 Å². The third-order valence-electron chi connectivity index (χ3n) is 8.27. The van der Waals surface area contributed by atoms with Crippen molar-refractivity contribution in [1.82, 2.24) is 15.0 Å².